The summed E-state index contributed by atoms with van der Waals surface area (Å²) in [6.45, 7) is 6.29. The minimum atomic E-state index is -0.445. The number of anilines is 1. The fourth-order valence-corrected chi connectivity index (χ4v) is 0.929. The van der Waals surface area contributed by atoms with E-state index in [0.29, 0.717) is 0 Å². The summed E-state index contributed by atoms with van der Waals surface area (Å²) < 4.78 is 12.5. The summed E-state index contributed by atoms with van der Waals surface area (Å²) in [5, 5.41) is 3.27. The third kappa shape index (κ3) is 3.01. The molecule has 0 fully saturated rings. The zero-order chi connectivity index (χ0) is 9.90. The maximum Gasteiger partial charge on any atom is 0.212 e. The Labute approximate surface area is 78.2 Å². The average Bonchev–Trinajstić information content (AvgIpc) is 2.09. The van der Waals surface area contributed by atoms with Crippen LogP contribution in [0, 0.1) is 5.95 Å². The Morgan fingerprint density at radius 2 is 2.15 bits per heavy atom. The van der Waals surface area contributed by atoms with E-state index >= 15 is 0 Å². The molecule has 13 heavy (non-hydrogen) atoms. The van der Waals surface area contributed by atoms with E-state index in [0.717, 1.165) is 12.1 Å². The molecule has 72 valence electrons. The number of nitrogens with zero attached hydrogens (tertiary/aromatic N) is 1. The topological polar surface area (TPSA) is 24.9 Å². The lowest BCUT2D eigenvalue weighted by Crippen LogP contribution is -2.29. The third-order valence-corrected chi connectivity index (χ3v) is 2.09. The Balaban J connectivity index is 2.69. The van der Waals surface area contributed by atoms with Gasteiger partial charge in [0.15, 0.2) is 0 Å². The van der Waals surface area contributed by atoms with Crippen LogP contribution in [0.4, 0.5) is 10.1 Å². The maximum atomic E-state index is 12.5. The lowest BCUT2D eigenvalue weighted by atomic mass is 10.0. The molecule has 3 heteroatoms. The van der Waals surface area contributed by atoms with Crippen molar-refractivity contribution in [1.29, 1.82) is 0 Å². The van der Waals surface area contributed by atoms with Gasteiger partial charge in [-0.1, -0.05) is 6.92 Å². The van der Waals surface area contributed by atoms with Crippen molar-refractivity contribution in [3.63, 3.8) is 0 Å². The van der Waals surface area contributed by atoms with Crippen LogP contribution in [0.25, 0.3) is 0 Å². The average molecular weight is 182 g/mol. The van der Waals surface area contributed by atoms with Crippen molar-refractivity contribution in [3.8, 4) is 0 Å². The van der Waals surface area contributed by atoms with E-state index in [1.54, 1.807) is 6.07 Å². The molecule has 0 spiro atoms. The molecule has 0 saturated carbocycles. The van der Waals surface area contributed by atoms with E-state index in [4.69, 9.17) is 0 Å². The van der Waals surface area contributed by atoms with Gasteiger partial charge in [-0.15, -0.1) is 0 Å². The first-order valence-electron chi connectivity index (χ1n) is 4.43. The van der Waals surface area contributed by atoms with Crippen LogP contribution < -0.4 is 5.32 Å². The minimum absolute atomic E-state index is 0.0273. The zero-order valence-corrected chi connectivity index (χ0v) is 8.26. The van der Waals surface area contributed by atoms with Crippen molar-refractivity contribution in [2.75, 3.05) is 5.32 Å². The molecule has 0 aliphatic carbocycles. The molecule has 0 amide bonds. The molecule has 1 aromatic heterocycles. The van der Waals surface area contributed by atoms with Crippen molar-refractivity contribution >= 4 is 5.69 Å². The summed E-state index contributed by atoms with van der Waals surface area (Å²) in [6, 6.07) is 3.05. The monoisotopic (exact) mass is 182 g/mol. The Kier molecular flexibility index (Phi) is 2.86. The molecule has 0 aliphatic heterocycles. The standard InChI is InChI=1S/C10H15FN2/c1-4-10(2,3)13-8-5-6-9(11)12-7-8/h5-7,13H,4H2,1-3H3. The molecule has 1 rings (SSSR count). The van der Waals surface area contributed by atoms with Gasteiger partial charge < -0.3 is 5.32 Å². The molecule has 1 heterocycles. The summed E-state index contributed by atoms with van der Waals surface area (Å²) in [6.07, 6.45) is 2.51. The molecule has 0 saturated heterocycles. The SMILES string of the molecule is CCC(C)(C)Nc1ccc(F)nc1. The van der Waals surface area contributed by atoms with Gasteiger partial charge >= 0.3 is 0 Å². The highest BCUT2D eigenvalue weighted by molar-refractivity contribution is 5.42. The van der Waals surface area contributed by atoms with Crippen LogP contribution in [-0.4, -0.2) is 10.5 Å². The number of halogens is 1. The van der Waals surface area contributed by atoms with Crippen molar-refractivity contribution in [2.24, 2.45) is 0 Å². The summed E-state index contributed by atoms with van der Waals surface area (Å²) >= 11 is 0. The quantitative estimate of drug-likeness (QED) is 0.727. The second-order valence-corrected chi connectivity index (χ2v) is 3.73. The van der Waals surface area contributed by atoms with E-state index in [1.165, 1.54) is 12.3 Å². The van der Waals surface area contributed by atoms with Gasteiger partial charge in [0, 0.05) is 5.54 Å². The highest BCUT2D eigenvalue weighted by Gasteiger charge is 2.13. The van der Waals surface area contributed by atoms with E-state index in [-0.39, 0.29) is 5.54 Å². The normalized spacial score (nSPS) is 11.4. The number of rotatable bonds is 3. The minimum Gasteiger partial charge on any atom is -0.379 e. The van der Waals surface area contributed by atoms with Gasteiger partial charge in [0.1, 0.15) is 0 Å². The highest BCUT2D eigenvalue weighted by Crippen LogP contribution is 2.16. The van der Waals surface area contributed by atoms with Crippen LogP contribution in [0.15, 0.2) is 18.3 Å². The molecule has 0 bridgehead atoms. The van der Waals surface area contributed by atoms with Gasteiger partial charge in [0.2, 0.25) is 5.95 Å². The molecule has 0 aromatic carbocycles. The Morgan fingerprint density at radius 1 is 1.46 bits per heavy atom. The predicted octanol–water partition coefficient (Wildman–Crippen LogP) is 2.82. The second-order valence-electron chi connectivity index (χ2n) is 3.73. The summed E-state index contributed by atoms with van der Waals surface area (Å²) in [4.78, 5) is 3.57. The molecular formula is C10H15FN2. The van der Waals surface area contributed by atoms with Crippen LogP contribution in [0.5, 0.6) is 0 Å². The van der Waals surface area contributed by atoms with Crippen LogP contribution >= 0.6 is 0 Å². The van der Waals surface area contributed by atoms with Crippen molar-refractivity contribution in [1.82, 2.24) is 4.98 Å². The van der Waals surface area contributed by atoms with E-state index in [9.17, 15) is 4.39 Å². The van der Waals surface area contributed by atoms with Gasteiger partial charge in [-0.2, -0.15) is 4.39 Å². The van der Waals surface area contributed by atoms with E-state index in [2.05, 4.69) is 31.1 Å². The molecule has 1 N–H and O–H groups in total. The van der Waals surface area contributed by atoms with Gasteiger partial charge in [-0.05, 0) is 32.4 Å². The predicted molar refractivity (Wildman–Crippen MR) is 52.2 cm³/mol. The van der Waals surface area contributed by atoms with Crippen molar-refractivity contribution < 1.29 is 4.39 Å². The Morgan fingerprint density at radius 3 is 2.62 bits per heavy atom. The summed E-state index contributed by atoms with van der Waals surface area (Å²) in [5.41, 5.74) is 0.882. The maximum absolute atomic E-state index is 12.5. The molecule has 0 aliphatic rings. The molecule has 0 atom stereocenters. The lowest BCUT2D eigenvalue weighted by molar-refractivity contribution is 0.545. The van der Waals surface area contributed by atoms with Gasteiger partial charge in [0.25, 0.3) is 0 Å². The van der Waals surface area contributed by atoms with Gasteiger partial charge in [-0.3, -0.25) is 0 Å². The van der Waals surface area contributed by atoms with Crippen molar-refractivity contribution in [2.45, 2.75) is 32.7 Å². The number of aromatic nitrogens is 1. The Bertz CT molecular complexity index is 267. The first kappa shape index (κ1) is 9.96. The van der Waals surface area contributed by atoms with Crippen LogP contribution in [0.1, 0.15) is 27.2 Å². The van der Waals surface area contributed by atoms with Crippen LogP contribution in [0.2, 0.25) is 0 Å². The second kappa shape index (κ2) is 3.73. The number of hydrogen-bond donors (Lipinski definition) is 1. The third-order valence-electron chi connectivity index (χ3n) is 2.09. The first-order chi connectivity index (χ1) is 6.03. The van der Waals surface area contributed by atoms with E-state index < -0.39 is 5.95 Å². The fourth-order valence-electron chi connectivity index (χ4n) is 0.929. The summed E-state index contributed by atoms with van der Waals surface area (Å²) in [7, 11) is 0. The van der Waals surface area contributed by atoms with Gasteiger partial charge in [-0.25, -0.2) is 4.98 Å². The number of nitrogens with one attached hydrogen (secondary N) is 1. The molecule has 1 aromatic rings. The van der Waals surface area contributed by atoms with Crippen molar-refractivity contribution in [3.05, 3.63) is 24.3 Å². The Hall–Kier alpha value is -1.12. The van der Waals surface area contributed by atoms with Crippen LogP contribution in [0.3, 0.4) is 0 Å². The van der Waals surface area contributed by atoms with Crippen LogP contribution in [-0.2, 0) is 0 Å². The number of pyridine rings is 1. The van der Waals surface area contributed by atoms with E-state index in [1.807, 2.05) is 0 Å². The number of hydrogen-bond acceptors (Lipinski definition) is 2. The molecular weight excluding hydrogens is 167 g/mol. The smallest absolute Gasteiger partial charge is 0.212 e. The largest absolute Gasteiger partial charge is 0.379 e. The first-order valence-corrected chi connectivity index (χ1v) is 4.43. The highest BCUT2D eigenvalue weighted by atomic mass is 19.1. The van der Waals surface area contributed by atoms with Gasteiger partial charge in [0.05, 0.1) is 11.9 Å². The molecule has 0 radical (unpaired) electrons. The zero-order valence-electron chi connectivity index (χ0n) is 8.26. The summed E-state index contributed by atoms with van der Waals surface area (Å²) in [5.74, 6) is -0.445. The molecule has 0 unspecified atom stereocenters. The fraction of sp³-hybridized carbons (Fsp3) is 0.500. The lowest BCUT2D eigenvalue weighted by Gasteiger charge is -2.25. The molecule has 2 nitrogen and oxygen atoms in total.